The van der Waals surface area contributed by atoms with Crippen molar-refractivity contribution in [3.8, 4) is 11.8 Å². The lowest BCUT2D eigenvalue weighted by Crippen LogP contribution is -1.97. The van der Waals surface area contributed by atoms with Crippen LogP contribution in [0, 0.1) is 17.3 Å². The summed E-state index contributed by atoms with van der Waals surface area (Å²) in [5, 5.41) is 8.27. The highest BCUT2D eigenvalue weighted by Gasteiger charge is 1.95. The average molecular weight is 194 g/mol. The quantitative estimate of drug-likeness (QED) is 0.533. The van der Waals surface area contributed by atoms with E-state index < -0.39 is 5.95 Å². The summed E-state index contributed by atoms with van der Waals surface area (Å²) >= 11 is 0. The summed E-state index contributed by atoms with van der Waals surface area (Å²) in [4.78, 5) is 3.45. The Balaban J connectivity index is 2.19. The number of nitriles is 1. The van der Waals surface area contributed by atoms with Crippen molar-refractivity contribution in [2.75, 3.05) is 6.61 Å². The van der Waals surface area contributed by atoms with Crippen molar-refractivity contribution in [1.29, 1.82) is 5.26 Å². The molecule has 4 heteroatoms. The van der Waals surface area contributed by atoms with Crippen LogP contribution in [-0.4, -0.2) is 11.6 Å². The van der Waals surface area contributed by atoms with Crippen molar-refractivity contribution < 1.29 is 9.13 Å². The molecule has 0 spiro atoms. The van der Waals surface area contributed by atoms with Gasteiger partial charge in [0.05, 0.1) is 18.9 Å². The first-order valence-corrected chi connectivity index (χ1v) is 4.44. The fourth-order valence-electron chi connectivity index (χ4n) is 0.944. The number of hydrogen-bond donors (Lipinski definition) is 0. The Hall–Kier alpha value is -1.63. The minimum atomic E-state index is -0.512. The van der Waals surface area contributed by atoms with Crippen LogP contribution in [0.5, 0.6) is 5.75 Å². The van der Waals surface area contributed by atoms with Gasteiger partial charge in [0.2, 0.25) is 5.95 Å². The van der Waals surface area contributed by atoms with Gasteiger partial charge in [-0.3, -0.25) is 0 Å². The Labute approximate surface area is 82.1 Å². The summed E-state index contributed by atoms with van der Waals surface area (Å²) in [5.74, 6) is 0.0465. The van der Waals surface area contributed by atoms with Crippen LogP contribution >= 0.6 is 0 Å². The number of nitrogens with zero attached hydrogens (tertiary/aromatic N) is 2. The van der Waals surface area contributed by atoms with Crippen LogP contribution in [0.25, 0.3) is 0 Å². The Bertz CT molecular complexity index is 305. The minimum Gasteiger partial charge on any atom is -0.492 e. The van der Waals surface area contributed by atoms with Gasteiger partial charge in [0.25, 0.3) is 0 Å². The van der Waals surface area contributed by atoms with Crippen LogP contribution in [0.2, 0.25) is 0 Å². The van der Waals surface area contributed by atoms with Gasteiger partial charge in [-0.15, -0.1) is 0 Å². The van der Waals surface area contributed by atoms with Crippen molar-refractivity contribution in [2.45, 2.75) is 19.3 Å². The van der Waals surface area contributed by atoms with E-state index in [0.717, 1.165) is 12.8 Å². The molecule has 0 aromatic carbocycles. The van der Waals surface area contributed by atoms with E-state index >= 15 is 0 Å². The van der Waals surface area contributed by atoms with Gasteiger partial charge in [-0.1, -0.05) is 0 Å². The van der Waals surface area contributed by atoms with Crippen LogP contribution in [0.1, 0.15) is 19.3 Å². The second kappa shape index (κ2) is 5.92. The number of ether oxygens (including phenoxy) is 1. The highest BCUT2D eigenvalue weighted by Crippen LogP contribution is 2.08. The van der Waals surface area contributed by atoms with Gasteiger partial charge in [0, 0.05) is 6.42 Å². The van der Waals surface area contributed by atoms with Gasteiger partial charge < -0.3 is 4.74 Å². The molecule has 1 aromatic rings. The van der Waals surface area contributed by atoms with E-state index in [1.165, 1.54) is 18.3 Å². The first-order valence-electron chi connectivity index (χ1n) is 4.44. The van der Waals surface area contributed by atoms with Gasteiger partial charge in [-0.25, -0.2) is 4.98 Å². The molecule has 0 aliphatic carbocycles. The third kappa shape index (κ3) is 3.85. The van der Waals surface area contributed by atoms with E-state index in [0.29, 0.717) is 18.8 Å². The molecule has 0 saturated carbocycles. The average Bonchev–Trinajstić information content (AvgIpc) is 2.21. The first-order chi connectivity index (χ1) is 6.83. The van der Waals surface area contributed by atoms with Gasteiger partial charge in [0.1, 0.15) is 5.75 Å². The summed E-state index contributed by atoms with van der Waals surface area (Å²) in [6.07, 6.45) is 3.54. The molecule has 1 aromatic heterocycles. The second-order valence-electron chi connectivity index (χ2n) is 2.78. The van der Waals surface area contributed by atoms with Crippen molar-refractivity contribution in [3.63, 3.8) is 0 Å². The third-order valence-electron chi connectivity index (χ3n) is 1.65. The van der Waals surface area contributed by atoms with Gasteiger partial charge in [-0.05, 0) is 25.0 Å². The molecule has 0 unspecified atom stereocenters. The molecule has 0 amide bonds. The molecule has 0 fully saturated rings. The van der Waals surface area contributed by atoms with E-state index in [1.54, 1.807) is 0 Å². The van der Waals surface area contributed by atoms with Gasteiger partial charge in [0.15, 0.2) is 0 Å². The van der Waals surface area contributed by atoms with E-state index in [9.17, 15) is 4.39 Å². The van der Waals surface area contributed by atoms with Crippen LogP contribution in [0.3, 0.4) is 0 Å². The lowest BCUT2D eigenvalue weighted by atomic mass is 10.3. The van der Waals surface area contributed by atoms with E-state index in [-0.39, 0.29) is 0 Å². The Morgan fingerprint density at radius 3 is 2.93 bits per heavy atom. The zero-order valence-corrected chi connectivity index (χ0v) is 7.74. The zero-order valence-electron chi connectivity index (χ0n) is 7.74. The molecular formula is C10H11FN2O. The fraction of sp³-hybridized carbons (Fsp3) is 0.400. The normalized spacial score (nSPS) is 9.43. The summed E-state index contributed by atoms with van der Waals surface area (Å²) in [5.41, 5.74) is 0. The van der Waals surface area contributed by atoms with Gasteiger partial charge in [-0.2, -0.15) is 9.65 Å². The largest absolute Gasteiger partial charge is 0.492 e. The summed E-state index contributed by atoms with van der Waals surface area (Å²) in [6, 6.07) is 4.85. The van der Waals surface area contributed by atoms with Crippen LogP contribution < -0.4 is 4.74 Å². The Kier molecular flexibility index (Phi) is 4.42. The Morgan fingerprint density at radius 2 is 2.29 bits per heavy atom. The number of unbranched alkanes of at least 4 members (excludes halogenated alkanes) is 2. The SMILES string of the molecule is N#CCCCCOc1ccc(F)nc1. The molecule has 0 atom stereocenters. The molecule has 0 radical (unpaired) electrons. The van der Waals surface area contributed by atoms with E-state index in [4.69, 9.17) is 10.00 Å². The second-order valence-corrected chi connectivity index (χ2v) is 2.78. The molecule has 0 aliphatic heterocycles. The van der Waals surface area contributed by atoms with Crippen LogP contribution in [-0.2, 0) is 0 Å². The lowest BCUT2D eigenvalue weighted by molar-refractivity contribution is 0.305. The van der Waals surface area contributed by atoms with Crippen LogP contribution in [0.4, 0.5) is 4.39 Å². The van der Waals surface area contributed by atoms with Crippen molar-refractivity contribution in [1.82, 2.24) is 4.98 Å². The predicted octanol–water partition coefficient (Wildman–Crippen LogP) is 2.29. The fourth-order valence-corrected chi connectivity index (χ4v) is 0.944. The monoisotopic (exact) mass is 194 g/mol. The maximum absolute atomic E-state index is 12.4. The molecule has 0 N–H and O–H groups in total. The molecule has 14 heavy (non-hydrogen) atoms. The summed E-state index contributed by atoms with van der Waals surface area (Å²) in [6.45, 7) is 0.537. The number of aromatic nitrogens is 1. The molecule has 0 saturated heterocycles. The molecule has 3 nitrogen and oxygen atoms in total. The standard InChI is InChI=1S/C10H11FN2O/c11-10-5-4-9(8-13-10)14-7-3-1-2-6-12/h4-5,8H,1-3,7H2. The van der Waals surface area contributed by atoms with E-state index in [1.807, 2.05) is 0 Å². The smallest absolute Gasteiger partial charge is 0.213 e. The molecule has 1 heterocycles. The highest BCUT2D eigenvalue weighted by molar-refractivity contribution is 5.15. The first kappa shape index (κ1) is 10.5. The van der Waals surface area contributed by atoms with Gasteiger partial charge >= 0.3 is 0 Å². The highest BCUT2D eigenvalue weighted by atomic mass is 19.1. The maximum Gasteiger partial charge on any atom is 0.213 e. The van der Waals surface area contributed by atoms with E-state index in [2.05, 4.69) is 11.1 Å². The molecule has 0 aliphatic rings. The van der Waals surface area contributed by atoms with Crippen molar-refractivity contribution in [2.24, 2.45) is 0 Å². The molecule has 74 valence electrons. The number of hydrogen-bond acceptors (Lipinski definition) is 3. The van der Waals surface area contributed by atoms with Crippen molar-refractivity contribution >= 4 is 0 Å². The third-order valence-corrected chi connectivity index (χ3v) is 1.65. The Morgan fingerprint density at radius 1 is 1.43 bits per heavy atom. The number of rotatable bonds is 5. The van der Waals surface area contributed by atoms with Crippen molar-refractivity contribution in [3.05, 3.63) is 24.3 Å². The maximum atomic E-state index is 12.4. The molecular weight excluding hydrogens is 183 g/mol. The number of halogens is 1. The minimum absolute atomic E-state index is 0.512. The lowest BCUT2D eigenvalue weighted by Gasteiger charge is -2.03. The molecule has 1 rings (SSSR count). The predicted molar refractivity (Wildman–Crippen MR) is 49.2 cm³/mol. The topological polar surface area (TPSA) is 45.9 Å². The summed E-state index contributed by atoms with van der Waals surface area (Å²) in [7, 11) is 0. The zero-order chi connectivity index (χ0) is 10.2. The van der Waals surface area contributed by atoms with Crippen LogP contribution in [0.15, 0.2) is 18.3 Å². The summed E-state index contributed by atoms with van der Waals surface area (Å²) < 4.78 is 17.6. The number of pyridine rings is 1. The molecule has 0 bridgehead atoms.